The van der Waals surface area contributed by atoms with Gasteiger partial charge < -0.3 is 0 Å². The van der Waals surface area contributed by atoms with Crippen LogP contribution in [0.25, 0.3) is 0 Å². The van der Waals surface area contributed by atoms with E-state index in [9.17, 15) is 4.39 Å². The molecule has 0 amide bonds. The molecule has 1 unspecified atom stereocenters. The standard InChI is InChI=1S/C10H12BrF/c1-6-4-9(8(3)11)5-7(2)10(6)12/h4-5,8H,1-3H3. The molecule has 0 radical (unpaired) electrons. The number of aryl methyl sites for hydroxylation is 2. The lowest BCUT2D eigenvalue weighted by Gasteiger charge is -2.07. The molecule has 0 aliphatic heterocycles. The van der Waals surface area contributed by atoms with Crippen LogP contribution in [0.5, 0.6) is 0 Å². The zero-order valence-electron chi connectivity index (χ0n) is 7.49. The topological polar surface area (TPSA) is 0 Å². The lowest BCUT2D eigenvalue weighted by Crippen LogP contribution is -1.92. The van der Waals surface area contributed by atoms with Crippen LogP contribution in [0, 0.1) is 19.7 Å². The third kappa shape index (κ3) is 1.86. The largest absolute Gasteiger partial charge is 0.206 e. The van der Waals surface area contributed by atoms with Crippen LogP contribution in [0.15, 0.2) is 12.1 Å². The second-order valence-electron chi connectivity index (χ2n) is 3.08. The van der Waals surface area contributed by atoms with E-state index < -0.39 is 0 Å². The highest BCUT2D eigenvalue weighted by atomic mass is 79.9. The average molecular weight is 231 g/mol. The van der Waals surface area contributed by atoms with E-state index in [-0.39, 0.29) is 10.6 Å². The smallest absolute Gasteiger partial charge is 0.129 e. The maximum atomic E-state index is 13.2. The van der Waals surface area contributed by atoms with E-state index in [4.69, 9.17) is 0 Å². The molecule has 0 nitrogen and oxygen atoms in total. The molecule has 0 aliphatic rings. The van der Waals surface area contributed by atoms with E-state index in [1.165, 1.54) is 0 Å². The van der Waals surface area contributed by atoms with Crippen molar-refractivity contribution < 1.29 is 4.39 Å². The quantitative estimate of drug-likeness (QED) is 0.643. The first kappa shape index (κ1) is 9.72. The molecule has 1 aromatic rings. The van der Waals surface area contributed by atoms with E-state index in [0.717, 1.165) is 16.7 Å². The molecule has 0 aromatic heterocycles. The molecule has 1 rings (SSSR count). The fourth-order valence-corrected chi connectivity index (χ4v) is 1.47. The van der Waals surface area contributed by atoms with Crippen molar-refractivity contribution in [1.29, 1.82) is 0 Å². The highest BCUT2D eigenvalue weighted by Crippen LogP contribution is 2.25. The third-order valence-corrected chi connectivity index (χ3v) is 2.45. The molecule has 0 heterocycles. The lowest BCUT2D eigenvalue weighted by molar-refractivity contribution is 0.608. The summed E-state index contributed by atoms with van der Waals surface area (Å²) >= 11 is 3.45. The molecule has 66 valence electrons. The monoisotopic (exact) mass is 230 g/mol. The summed E-state index contributed by atoms with van der Waals surface area (Å²) in [5.41, 5.74) is 2.57. The van der Waals surface area contributed by atoms with Gasteiger partial charge in [0.25, 0.3) is 0 Å². The fourth-order valence-electron chi connectivity index (χ4n) is 1.21. The first-order valence-corrected chi connectivity index (χ1v) is 4.84. The van der Waals surface area contributed by atoms with Crippen LogP contribution < -0.4 is 0 Å². The van der Waals surface area contributed by atoms with Crippen molar-refractivity contribution in [3.05, 3.63) is 34.6 Å². The van der Waals surface area contributed by atoms with Crippen LogP contribution in [0.3, 0.4) is 0 Å². The molecule has 12 heavy (non-hydrogen) atoms. The lowest BCUT2D eigenvalue weighted by atomic mass is 10.0. The molecule has 0 N–H and O–H groups in total. The molecule has 0 spiro atoms. The molecule has 0 saturated heterocycles. The second kappa shape index (κ2) is 3.56. The summed E-state index contributed by atoms with van der Waals surface area (Å²) in [5.74, 6) is -0.0908. The molecule has 0 bridgehead atoms. The first-order chi connectivity index (χ1) is 5.52. The predicted octanol–water partition coefficient (Wildman–Crippen LogP) is 3.90. The van der Waals surface area contributed by atoms with Crippen molar-refractivity contribution >= 4 is 15.9 Å². The Bertz CT molecular complexity index is 269. The Hall–Kier alpha value is -0.370. The third-order valence-electron chi connectivity index (χ3n) is 1.92. The van der Waals surface area contributed by atoms with Gasteiger partial charge in [0.15, 0.2) is 0 Å². The van der Waals surface area contributed by atoms with Gasteiger partial charge in [-0.15, -0.1) is 0 Å². The van der Waals surface area contributed by atoms with Gasteiger partial charge in [-0.1, -0.05) is 28.1 Å². The van der Waals surface area contributed by atoms with E-state index >= 15 is 0 Å². The molecule has 0 fully saturated rings. The molecular formula is C10H12BrF. The number of rotatable bonds is 1. The van der Waals surface area contributed by atoms with Crippen molar-refractivity contribution in [3.63, 3.8) is 0 Å². The summed E-state index contributed by atoms with van der Waals surface area (Å²) in [4.78, 5) is 0.287. The summed E-state index contributed by atoms with van der Waals surface area (Å²) in [6, 6.07) is 3.75. The van der Waals surface area contributed by atoms with Gasteiger partial charge in [-0.2, -0.15) is 0 Å². The summed E-state index contributed by atoms with van der Waals surface area (Å²) in [7, 11) is 0. The Morgan fingerprint density at radius 1 is 1.25 bits per heavy atom. The van der Waals surface area contributed by atoms with Gasteiger partial charge >= 0.3 is 0 Å². The Labute approximate surface area is 80.9 Å². The van der Waals surface area contributed by atoms with Gasteiger partial charge in [0.2, 0.25) is 0 Å². The molecule has 0 saturated carbocycles. The second-order valence-corrected chi connectivity index (χ2v) is 4.46. The Morgan fingerprint density at radius 2 is 1.67 bits per heavy atom. The molecule has 0 aliphatic carbocycles. The first-order valence-electron chi connectivity index (χ1n) is 3.93. The predicted molar refractivity (Wildman–Crippen MR) is 53.2 cm³/mol. The summed E-state index contributed by atoms with van der Waals surface area (Å²) < 4.78 is 13.2. The van der Waals surface area contributed by atoms with Crippen LogP contribution in [-0.2, 0) is 0 Å². The number of benzene rings is 1. The van der Waals surface area contributed by atoms with E-state index in [1.54, 1.807) is 13.8 Å². The van der Waals surface area contributed by atoms with Gasteiger partial charge in [0, 0.05) is 4.83 Å². The normalized spacial score (nSPS) is 13.1. The Balaban J connectivity index is 3.21. The van der Waals surface area contributed by atoms with Gasteiger partial charge in [0.1, 0.15) is 5.82 Å². The van der Waals surface area contributed by atoms with Crippen molar-refractivity contribution in [2.45, 2.75) is 25.6 Å². The Morgan fingerprint density at radius 3 is 2.00 bits per heavy atom. The molecular weight excluding hydrogens is 219 g/mol. The zero-order valence-corrected chi connectivity index (χ0v) is 9.07. The number of halogens is 2. The van der Waals surface area contributed by atoms with E-state index in [0.29, 0.717) is 0 Å². The number of alkyl halides is 1. The van der Waals surface area contributed by atoms with Crippen LogP contribution in [0.4, 0.5) is 4.39 Å². The SMILES string of the molecule is Cc1cc(C(C)Br)cc(C)c1F. The molecule has 1 atom stereocenters. The highest BCUT2D eigenvalue weighted by Gasteiger charge is 2.06. The molecule has 2 heteroatoms. The summed E-state index contributed by atoms with van der Waals surface area (Å²) in [5, 5.41) is 0. The van der Waals surface area contributed by atoms with Crippen molar-refractivity contribution in [3.8, 4) is 0 Å². The van der Waals surface area contributed by atoms with Crippen LogP contribution in [0.2, 0.25) is 0 Å². The number of hydrogen-bond donors (Lipinski definition) is 0. The fraction of sp³-hybridized carbons (Fsp3) is 0.400. The van der Waals surface area contributed by atoms with E-state index in [1.807, 2.05) is 19.1 Å². The zero-order chi connectivity index (χ0) is 9.30. The number of hydrogen-bond acceptors (Lipinski definition) is 0. The molecule has 1 aromatic carbocycles. The van der Waals surface area contributed by atoms with Crippen LogP contribution in [-0.4, -0.2) is 0 Å². The van der Waals surface area contributed by atoms with Gasteiger partial charge in [0.05, 0.1) is 0 Å². The minimum atomic E-state index is -0.0908. The van der Waals surface area contributed by atoms with Gasteiger partial charge in [-0.05, 0) is 37.5 Å². The maximum absolute atomic E-state index is 13.2. The van der Waals surface area contributed by atoms with Crippen molar-refractivity contribution in [2.24, 2.45) is 0 Å². The van der Waals surface area contributed by atoms with E-state index in [2.05, 4.69) is 15.9 Å². The van der Waals surface area contributed by atoms with Crippen molar-refractivity contribution in [1.82, 2.24) is 0 Å². The minimum Gasteiger partial charge on any atom is -0.206 e. The summed E-state index contributed by atoms with van der Waals surface area (Å²) in [6.07, 6.45) is 0. The Kier molecular flexibility index (Phi) is 2.89. The van der Waals surface area contributed by atoms with Gasteiger partial charge in [-0.25, -0.2) is 4.39 Å². The van der Waals surface area contributed by atoms with Crippen molar-refractivity contribution in [2.75, 3.05) is 0 Å². The van der Waals surface area contributed by atoms with Gasteiger partial charge in [-0.3, -0.25) is 0 Å². The average Bonchev–Trinajstić information content (AvgIpc) is 1.99. The summed E-state index contributed by atoms with van der Waals surface area (Å²) in [6.45, 7) is 5.62. The van der Waals surface area contributed by atoms with Crippen LogP contribution in [0.1, 0.15) is 28.4 Å². The highest BCUT2D eigenvalue weighted by molar-refractivity contribution is 9.09. The minimum absolute atomic E-state index is 0.0908. The van der Waals surface area contributed by atoms with Crippen LogP contribution >= 0.6 is 15.9 Å². The maximum Gasteiger partial charge on any atom is 0.129 e.